The second-order valence-corrected chi connectivity index (χ2v) is 11.9. The number of unbranched alkanes of at least 4 members (excludes halogenated alkanes) is 14. The lowest BCUT2D eigenvalue weighted by atomic mass is 10.1. The first-order valence-electron chi connectivity index (χ1n) is 21.5. The predicted molar refractivity (Wildman–Crippen MR) is 246 cm³/mol. The smallest absolute Gasteiger partial charge is 0.127 e. The Bertz CT molecular complexity index is 1050. The van der Waals surface area contributed by atoms with E-state index in [9.17, 15) is 0 Å². The fourth-order valence-electron chi connectivity index (χ4n) is 4.72. The third-order valence-corrected chi connectivity index (χ3v) is 7.47. The molecular weight excluding hydrogens is 657 g/mol. The van der Waals surface area contributed by atoms with Crippen LogP contribution in [0.3, 0.4) is 0 Å². The van der Waals surface area contributed by atoms with Gasteiger partial charge in [-0.15, -0.1) is 13.2 Å². The van der Waals surface area contributed by atoms with Gasteiger partial charge in [0.15, 0.2) is 0 Å². The molecule has 302 valence electrons. The molecule has 2 heteroatoms. The van der Waals surface area contributed by atoms with Crippen molar-refractivity contribution >= 4 is 0 Å². The molecule has 0 saturated heterocycles. The molecule has 4 aromatic carbocycles. The Labute approximate surface area is 336 Å². The van der Waals surface area contributed by atoms with E-state index in [-0.39, 0.29) is 0 Å². The van der Waals surface area contributed by atoms with Crippen LogP contribution in [0.5, 0.6) is 23.0 Å². The van der Waals surface area contributed by atoms with Gasteiger partial charge in [-0.25, -0.2) is 0 Å². The van der Waals surface area contributed by atoms with E-state index in [1.807, 2.05) is 175 Å². The third-order valence-electron chi connectivity index (χ3n) is 7.47. The van der Waals surface area contributed by atoms with Gasteiger partial charge in [-0.3, -0.25) is 0 Å². The van der Waals surface area contributed by atoms with E-state index in [0.29, 0.717) is 0 Å². The maximum atomic E-state index is 5.58. The fourth-order valence-corrected chi connectivity index (χ4v) is 4.72. The van der Waals surface area contributed by atoms with Crippen molar-refractivity contribution in [2.75, 3.05) is 0 Å². The first kappa shape index (κ1) is 54.3. The maximum Gasteiger partial charge on any atom is 0.127 e. The van der Waals surface area contributed by atoms with Gasteiger partial charge in [-0.05, 0) is 74.2 Å². The summed E-state index contributed by atoms with van der Waals surface area (Å²) < 4.78 is 11.2. The van der Waals surface area contributed by atoms with Gasteiger partial charge in [-0.2, -0.15) is 0 Å². The zero-order valence-corrected chi connectivity index (χ0v) is 36.2. The quantitative estimate of drug-likeness (QED) is 0.0664. The van der Waals surface area contributed by atoms with Crippen LogP contribution in [-0.2, 0) is 0 Å². The minimum atomic E-state index is 0.869. The predicted octanol–water partition coefficient (Wildman–Crippen LogP) is 18.7. The van der Waals surface area contributed by atoms with Gasteiger partial charge >= 0.3 is 0 Å². The fraction of sp³-hybridized carbons (Fsp3) is 0.462. The first-order chi connectivity index (χ1) is 26.7. The number of hydrogen-bond acceptors (Lipinski definition) is 2. The summed E-state index contributed by atoms with van der Waals surface area (Å²) in [7, 11) is 0. The highest BCUT2D eigenvalue weighted by Gasteiger charge is 1.94. The number of allylic oxidation sites excluding steroid dienone is 2. The molecular formula is C52H82O2. The highest BCUT2D eigenvalue weighted by molar-refractivity contribution is 5.31. The molecule has 0 aliphatic rings. The minimum Gasteiger partial charge on any atom is -0.457 e. The molecule has 2 nitrogen and oxygen atoms in total. The van der Waals surface area contributed by atoms with Gasteiger partial charge in [0.25, 0.3) is 0 Å². The lowest BCUT2D eigenvalue weighted by Crippen LogP contribution is -1.81. The van der Waals surface area contributed by atoms with Crippen LogP contribution < -0.4 is 9.47 Å². The zero-order valence-electron chi connectivity index (χ0n) is 36.2. The van der Waals surface area contributed by atoms with Crippen molar-refractivity contribution in [3.8, 4) is 23.0 Å². The minimum absolute atomic E-state index is 0.869. The van der Waals surface area contributed by atoms with Crippen LogP contribution in [0.1, 0.15) is 158 Å². The molecule has 0 fully saturated rings. The molecule has 0 heterocycles. The molecule has 4 aromatic rings. The summed E-state index contributed by atoms with van der Waals surface area (Å²) in [5, 5.41) is 0. The SMILES string of the molecule is C=CCCCCCCCC.C=CCCCCCCCCCC.CC.CC.CC.c1ccc(Oc2ccccc2)cc1.c1ccc(Oc2ccccc2)cc1. The average molecular weight is 739 g/mol. The van der Waals surface area contributed by atoms with Gasteiger partial charge in [0.2, 0.25) is 0 Å². The summed E-state index contributed by atoms with van der Waals surface area (Å²) >= 11 is 0. The zero-order chi connectivity index (χ0) is 40.6. The first-order valence-corrected chi connectivity index (χ1v) is 21.5. The van der Waals surface area contributed by atoms with Crippen LogP contribution in [0.15, 0.2) is 147 Å². The lowest BCUT2D eigenvalue weighted by molar-refractivity contribution is 0.482. The van der Waals surface area contributed by atoms with Crippen molar-refractivity contribution in [2.45, 2.75) is 158 Å². The Kier molecular flexibility index (Phi) is 49.2. The van der Waals surface area contributed by atoms with E-state index in [2.05, 4.69) is 27.0 Å². The Morgan fingerprint density at radius 1 is 0.333 bits per heavy atom. The van der Waals surface area contributed by atoms with Gasteiger partial charge in [0.1, 0.15) is 23.0 Å². The summed E-state index contributed by atoms with van der Waals surface area (Å²) in [6.07, 6.45) is 26.1. The molecule has 4 rings (SSSR count). The monoisotopic (exact) mass is 739 g/mol. The lowest BCUT2D eigenvalue weighted by Gasteiger charge is -2.03. The van der Waals surface area contributed by atoms with E-state index < -0.39 is 0 Å². The van der Waals surface area contributed by atoms with Crippen molar-refractivity contribution in [3.63, 3.8) is 0 Å². The number of para-hydroxylation sites is 4. The number of hydrogen-bond donors (Lipinski definition) is 0. The molecule has 0 N–H and O–H groups in total. The highest BCUT2D eigenvalue weighted by atomic mass is 16.5. The van der Waals surface area contributed by atoms with Crippen LogP contribution in [-0.4, -0.2) is 0 Å². The van der Waals surface area contributed by atoms with E-state index in [0.717, 1.165) is 23.0 Å². The van der Waals surface area contributed by atoms with Crippen molar-refractivity contribution in [1.29, 1.82) is 0 Å². The molecule has 54 heavy (non-hydrogen) atoms. The average Bonchev–Trinajstić information content (AvgIpc) is 3.25. The Balaban J connectivity index is -0.000000616. The third kappa shape index (κ3) is 39.2. The van der Waals surface area contributed by atoms with Crippen molar-refractivity contribution in [1.82, 2.24) is 0 Å². The number of ether oxygens (including phenoxy) is 2. The summed E-state index contributed by atoms with van der Waals surface area (Å²) in [5.74, 6) is 3.48. The van der Waals surface area contributed by atoms with Crippen LogP contribution in [0, 0.1) is 0 Å². The summed E-state index contributed by atoms with van der Waals surface area (Å²) in [4.78, 5) is 0. The molecule has 0 radical (unpaired) electrons. The number of rotatable bonds is 20. The molecule has 0 bridgehead atoms. The molecule has 0 spiro atoms. The van der Waals surface area contributed by atoms with E-state index in [4.69, 9.17) is 9.47 Å². The Morgan fingerprint density at radius 3 is 0.741 bits per heavy atom. The highest BCUT2D eigenvalue weighted by Crippen LogP contribution is 2.20. The van der Waals surface area contributed by atoms with Crippen LogP contribution >= 0.6 is 0 Å². The van der Waals surface area contributed by atoms with E-state index in [1.165, 1.54) is 103 Å². The maximum absolute atomic E-state index is 5.58. The van der Waals surface area contributed by atoms with Gasteiger partial charge < -0.3 is 9.47 Å². The Morgan fingerprint density at radius 2 is 0.537 bits per heavy atom. The van der Waals surface area contributed by atoms with Crippen LogP contribution in [0.4, 0.5) is 0 Å². The van der Waals surface area contributed by atoms with E-state index in [1.54, 1.807) is 0 Å². The van der Waals surface area contributed by atoms with Gasteiger partial charge in [0.05, 0.1) is 0 Å². The summed E-state index contributed by atoms with van der Waals surface area (Å²) in [6, 6.07) is 39.0. The molecule has 0 atom stereocenters. The van der Waals surface area contributed by atoms with Crippen molar-refractivity contribution < 1.29 is 9.47 Å². The molecule has 0 aromatic heterocycles. The van der Waals surface area contributed by atoms with Gasteiger partial charge in [-0.1, -0.05) is 217 Å². The molecule has 0 unspecified atom stereocenters. The van der Waals surface area contributed by atoms with Crippen molar-refractivity contribution in [3.05, 3.63) is 147 Å². The summed E-state index contributed by atoms with van der Waals surface area (Å²) in [5.41, 5.74) is 0. The van der Waals surface area contributed by atoms with Crippen molar-refractivity contribution in [2.24, 2.45) is 0 Å². The molecule has 0 aliphatic heterocycles. The van der Waals surface area contributed by atoms with Crippen LogP contribution in [0.25, 0.3) is 0 Å². The largest absolute Gasteiger partial charge is 0.457 e. The standard InChI is InChI=1S/2C12H10O.C12H24.C10H20.3C2H6/c2*1-3-7-11(8-4-1)13-12-9-5-2-6-10-12;1-3-5-7-9-11-12-10-8-6-4-2;1-3-5-7-9-10-8-6-4-2;3*1-2/h2*1-10H;3H,1,4-12H2,2H3;3H,1,4-10H2,2H3;3*1-2H3. The van der Waals surface area contributed by atoms with Crippen LogP contribution in [0.2, 0.25) is 0 Å². The molecule has 0 amide bonds. The van der Waals surface area contributed by atoms with Gasteiger partial charge in [0, 0.05) is 0 Å². The molecule has 0 saturated carbocycles. The normalized spacial score (nSPS) is 8.96. The number of benzene rings is 4. The summed E-state index contributed by atoms with van der Waals surface area (Å²) in [6.45, 7) is 23.9. The molecule has 0 aliphatic carbocycles. The Hall–Kier alpha value is -4.04. The second-order valence-electron chi connectivity index (χ2n) is 11.9. The van der Waals surface area contributed by atoms with E-state index >= 15 is 0 Å². The topological polar surface area (TPSA) is 18.5 Å². The second kappa shape index (κ2) is 49.0.